The van der Waals surface area contributed by atoms with Crippen molar-refractivity contribution in [3.8, 4) is 11.3 Å². The zero-order valence-electron chi connectivity index (χ0n) is 16.9. The highest BCUT2D eigenvalue weighted by Gasteiger charge is 2.33. The van der Waals surface area contributed by atoms with Crippen LogP contribution in [0.5, 0.6) is 0 Å². The molecule has 0 unspecified atom stereocenters. The first-order chi connectivity index (χ1) is 13.4. The molecule has 0 fully saturated rings. The van der Waals surface area contributed by atoms with E-state index in [-0.39, 0.29) is 11.5 Å². The first-order valence-electron chi connectivity index (χ1n) is 9.47. The summed E-state index contributed by atoms with van der Waals surface area (Å²) in [5.41, 5.74) is 2.90. The fourth-order valence-corrected chi connectivity index (χ4v) is 3.27. The Morgan fingerprint density at radius 1 is 1.07 bits per heavy atom. The van der Waals surface area contributed by atoms with E-state index in [1.165, 1.54) is 7.11 Å². The third-order valence-electron chi connectivity index (χ3n) is 4.47. The quantitative estimate of drug-likeness (QED) is 0.501. The minimum atomic E-state index is -0.477. The maximum atomic E-state index is 12.7. The molecule has 2 N–H and O–H groups in total. The molecule has 0 radical (unpaired) electrons. The zero-order valence-corrected chi connectivity index (χ0v) is 16.9. The molecule has 0 amide bonds. The van der Waals surface area contributed by atoms with Gasteiger partial charge in [0.15, 0.2) is 5.69 Å². The van der Waals surface area contributed by atoms with Crippen LogP contribution >= 0.6 is 0 Å². The number of nitrogens with one attached hydrogen (secondary N) is 2. The topological polar surface area (TPSA) is 58.0 Å². The van der Waals surface area contributed by atoms with E-state index in [1.807, 2.05) is 71.6 Å². The highest BCUT2D eigenvalue weighted by molar-refractivity contribution is 5.74. The highest BCUT2D eigenvalue weighted by Crippen LogP contribution is 2.27. The summed E-state index contributed by atoms with van der Waals surface area (Å²) in [6.07, 6.45) is 2.39. The summed E-state index contributed by atoms with van der Waals surface area (Å²) < 4.78 is 7.12. The minimum Gasteiger partial charge on any atom is -0.466 e. The number of methoxy groups -OCH3 is 1. The van der Waals surface area contributed by atoms with Gasteiger partial charge in [-0.25, -0.2) is 14.3 Å². The Morgan fingerprint density at radius 2 is 1.68 bits per heavy atom. The summed E-state index contributed by atoms with van der Waals surface area (Å²) in [6.45, 7) is 6.32. The Hall–Kier alpha value is -3.08. The van der Waals surface area contributed by atoms with Crippen LogP contribution in [0.2, 0.25) is 0 Å². The average Bonchev–Trinajstić information content (AvgIpc) is 3.08. The summed E-state index contributed by atoms with van der Waals surface area (Å²) in [6, 6.07) is 19.6. The minimum absolute atomic E-state index is 0.133. The van der Waals surface area contributed by atoms with Gasteiger partial charge in [0.25, 0.3) is 0 Å². The molecule has 0 spiro atoms. The lowest BCUT2D eigenvalue weighted by atomic mass is 10.0. The summed E-state index contributed by atoms with van der Waals surface area (Å²) in [5.74, 6) is 0.605. The molecule has 2 aromatic carbocycles. The number of benzene rings is 2. The number of rotatable bonds is 6. The molecule has 0 saturated carbocycles. The lowest BCUT2D eigenvalue weighted by molar-refractivity contribution is -0.699. The number of hydrogen-bond donors (Lipinski definition) is 2. The van der Waals surface area contributed by atoms with Gasteiger partial charge in [-0.3, -0.25) is 0 Å². The smallest absolute Gasteiger partial charge is 0.351 e. The van der Waals surface area contributed by atoms with Crippen LogP contribution < -0.4 is 9.88 Å². The molecule has 5 heteroatoms. The molecule has 3 rings (SSSR count). The zero-order chi connectivity index (χ0) is 20.1. The van der Waals surface area contributed by atoms with E-state index < -0.39 is 6.04 Å². The second-order valence-electron chi connectivity index (χ2n) is 7.87. The molecule has 0 aliphatic carbocycles. The van der Waals surface area contributed by atoms with Gasteiger partial charge in [0.2, 0.25) is 18.2 Å². The van der Waals surface area contributed by atoms with E-state index in [4.69, 9.17) is 4.74 Å². The van der Waals surface area contributed by atoms with Gasteiger partial charge in [0.05, 0.1) is 7.11 Å². The standard InChI is InChI=1S/C23H27N3O2/c1-23(2,3)25-21-20(18-13-9-6-10-14-18)26(16-24-21)19(22(27)28-4)15-17-11-7-5-8-12-17/h5-14,16,19,25H,15H2,1-4H3/p+1/t19-/m0/s1. The molecule has 0 saturated heterocycles. The van der Waals surface area contributed by atoms with Crippen LogP contribution in [0.15, 0.2) is 67.0 Å². The number of aromatic amines is 1. The van der Waals surface area contributed by atoms with E-state index in [0.29, 0.717) is 6.42 Å². The average molecular weight is 378 g/mol. The highest BCUT2D eigenvalue weighted by atomic mass is 16.5. The number of carbonyl (C=O) groups is 1. The number of esters is 1. The Morgan fingerprint density at radius 3 is 2.25 bits per heavy atom. The predicted octanol–water partition coefficient (Wildman–Crippen LogP) is 4.14. The van der Waals surface area contributed by atoms with Crippen LogP contribution in [-0.2, 0) is 16.0 Å². The van der Waals surface area contributed by atoms with Gasteiger partial charge in [-0.1, -0.05) is 60.7 Å². The molecule has 3 aromatic rings. The van der Waals surface area contributed by atoms with Crippen LogP contribution in [0.3, 0.4) is 0 Å². The van der Waals surface area contributed by atoms with E-state index in [2.05, 4.69) is 31.1 Å². The van der Waals surface area contributed by atoms with Gasteiger partial charge in [-0.2, -0.15) is 0 Å². The van der Waals surface area contributed by atoms with Gasteiger partial charge >= 0.3 is 5.97 Å². The number of carbonyl (C=O) groups excluding carboxylic acids is 1. The number of hydrogen-bond acceptors (Lipinski definition) is 3. The Kier molecular flexibility index (Phi) is 5.83. The number of ether oxygens (including phenoxy) is 1. The molecule has 0 bridgehead atoms. The summed E-state index contributed by atoms with van der Waals surface area (Å²) in [7, 11) is 1.43. The lowest BCUT2D eigenvalue weighted by Gasteiger charge is -2.20. The van der Waals surface area contributed by atoms with Crippen molar-refractivity contribution in [1.82, 2.24) is 4.98 Å². The molecule has 1 atom stereocenters. The van der Waals surface area contributed by atoms with Gasteiger partial charge < -0.3 is 10.1 Å². The number of imidazole rings is 1. The van der Waals surface area contributed by atoms with Gasteiger partial charge in [0.1, 0.15) is 0 Å². The van der Waals surface area contributed by atoms with Crippen molar-refractivity contribution >= 4 is 11.8 Å². The maximum absolute atomic E-state index is 12.7. The van der Waals surface area contributed by atoms with Crippen LogP contribution in [0.1, 0.15) is 32.4 Å². The van der Waals surface area contributed by atoms with Crippen molar-refractivity contribution in [3.05, 3.63) is 72.6 Å². The van der Waals surface area contributed by atoms with Gasteiger partial charge in [-0.05, 0) is 26.3 Å². The summed E-state index contributed by atoms with van der Waals surface area (Å²) in [5, 5.41) is 3.52. The van der Waals surface area contributed by atoms with Gasteiger partial charge in [-0.15, -0.1) is 0 Å². The SMILES string of the molecule is COC(=O)[C@H](Cc1ccccc1)[n+]1c[nH]c(NC(C)(C)C)c1-c1ccccc1. The second-order valence-corrected chi connectivity index (χ2v) is 7.87. The van der Waals surface area contributed by atoms with Crippen molar-refractivity contribution in [2.45, 2.75) is 38.8 Å². The van der Waals surface area contributed by atoms with Crippen LogP contribution in [0.4, 0.5) is 5.82 Å². The fourth-order valence-electron chi connectivity index (χ4n) is 3.27. The molecule has 1 aromatic heterocycles. The first-order valence-corrected chi connectivity index (χ1v) is 9.47. The maximum Gasteiger partial charge on any atom is 0.351 e. The van der Waals surface area contributed by atoms with E-state index >= 15 is 0 Å². The molecular formula is C23H28N3O2+. The fraction of sp³-hybridized carbons (Fsp3) is 0.304. The number of nitrogens with zero attached hydrogens (tertiary/aromatic N) is 1. The first kappa shape index (κ1) is 19.7. The van der Waals surface area contributed by atoms with Crippen LogP contribution in [0, 0.1) is 0 Å². The molecule has 5 nitrogen and oxygen atoms in total. The second kappa shape index (κ2) is 8.30. The third kappa shape index (κ3) is 4.60. The van der Waals surface area contributed by atoms with Crippen molar-refractivity contribution in [2.24, 2.45) is 0 Å². The van der Waals surface area contributed by atoms with Crippen molar-refractivity contribution in [3.63, 3.8) is 0 Å². The summed E-state index contributed by atoms with van der Waals surface area (Å²) in [4.78, 5) is 16.0. The Balaban J connectivity index is 2.10. The number of H-pyrrole nitrogens is 1. The monoisotopic (exact) mass is 378 g/mol. The van der Waals surface area contributed by atoms with Crippen LogP contribution in [-0.4, -0.2) is 23.6 Å². The molecule has 28 heavy (non-hydrogen) atoms. The van der Waals surface area contributed by atoms with E-state index in [1.54, 1.807) is 0 Å². The molecule has 1 heterocycles. The van der Waals surface area contributed by atoms with Crippen molar-refractivity contribution < 1.29 is 14.1 Å². The number of aromatic nitrogens is 2. The third-order valence-corrected chi connectivity index (χ3v) is 4.47. The molecular weight excluding hydrogens is 350 g/mol. The molecule has 146 valence electrons. The van der Waals surface area contributed by atoms with Gasteiger partial charge in [0, 0.05) is 17.5 Å². The normalized spacial score (nSPS) is 12.4. The van der Waals surface area contributed by atoms with E-state index in [0.717, 1.165) is 22.6 Å². The van der Waals surface area contributed by atoms with Crippen molar-refractivity contribution in [2.75, 3.05) is 12.4 Å². The number of anilines is 1. The predicted molar refractivity (Wildman–Crippen MR) is 111 cm³/mol. The molecule has 0 aliphatic heterocycles. The Bertz CT molecular complexity index is 912. The lowest BCUT2D eigenvalue weighted by Crippen LogP contribution is -2.46. The summed E-state index contributed by atoms with van der Waals surface area (Å²) >= 11 is 0. The van der Waals surface area contributed by atoms with E-state index in [9.17, 15) is 4.79 Å². The molecule has 0 aliphatic rings. The largest absolute Gasteiger partial charge is 0.466 e. The Labute approximate surface area is 166 Å². The van der Waals surface area contributed by atoms with Crippen LogP contribution in [0.25, 0.3) is 11.3 Å². The van der Waals surface area contributed by atoms with Crippen molar-refractivity contribution in [1.29, 1.82) is 0 Å².